The summed E-state index contributed by atoms with van der Waals surface area (Å²) in [4.78, 5) is 15.4. The molecule has 0 heterocycles. The Bertz CT molecular complexity index is 747. The molecule has 2 aromatic carbocycles. The molecule has 1 unspecified atom stereocenters. The number of methoxy groups -OCH3 is 1. The smallest absolute Gasteiger partial charge is 0.306 e. The van der Waals surface area contributed by atoms with Crippen LogP contribution in [0.1, 0.15) is 18.1 Å². The van der Waals surface area contributed by atoms with E-state index in [9.17, 15) is 9.18 Å². The average molecular weight is 345 g/mol. The molecular formula is C19H20FNO4. The Balaban J connectivity index is 2.39. The van der Waals surface area contributed by atoms with Crippen LogP contribution in [0.5, 0.6) is 5.75 Å². The van der Waals surface area contributed by atoms with Crippen molar-refractivity contribution in [3.05, 3.63) is 59.4 Å². The summed E-state index contributed by atoms with van der Waals surface area (Å²) in [7, 11) is 1.44. The number of carbonyl (C=O) groups is 1. The van der Waals surface area contributed by atoms with E-state index in [4.69, 9.17) is 14.6 Å². The van der Waals surface area contributed by atoms with Crippen LogP contribution in [0, 0.1) is 11.7 Å². The molecule has 2 rings (SSSR count). The lowest BCUT2D eigenvalue weighted by molar-refractivity contribution is -0.141. The van der Waals surface area contributed by atoms with Crippen molar-refractivity contribution < 1.29 is 23.8 Å². The van der Waals surface area contributed by atoms with Gasteiger partial charge in [-0.05, 0) is 23.6 Å². The van der Waals surface area contributed by atoms with Crippen LogP contribution in [-0.4, -0.2) is 31.2 Å². The van der Waals surface area contributed by atoms with E-state index in [0.29, 0.717) is 5.56 Å². The molecule has 0 radical (unpaired) electrons. The first-order valence-corrected chi connectivity index (χ1v) is 7.78. The molecule has 5 nitrogen and oxygen atoms in total. The van der Waals surface area contributed by atoms with Gasteiger partial charge >= 0.3 is 5.97 Å². The summed E-state index contributed by atoms with van der Waals surface area (Å²) in [6.45, 7) is 1.48. The molecule has 0 amide bonds. The average Bonchev–Trinajstić information content (AvgIpc) is 2.61. The minimum atomic E-state index is -0.946. The highest BCUT2D eigenvalue weighted by atomic mass is 19.1. The van der Waals surface area contributed by atoms with E-state index in [1.165, 1.54) is 19.4 Å². The van der Waals surface area contributed by atoms with Gasteiger partial charge in [-0.15, -0.1) is 0 Å². The zero-order valence-corrected chi connectivity index (χ0v) is 14.1. The van der Waals surface area contributed by atoms with Crippen molar-refractivity contribution in [2.75, 3.05) is 13.9 Å². The molecule has 0 bridgehead atoms. The Morgan fingerprint density at radius 1 is 1.28 bits per heavy atom. The number of halogens is 1. The number of benzene rings is 2. The summed E-state index contributed by atoms with van der Waals surface area (Å²) in [6.07, 6.45) is 1.70. The van der Waals surface area contributed by atoms with Gasteiger partial charge in [0, 0.05) is 13.3 Å². The third-order valence-electron chi connectivity index (χ3n) is 3.59. The van der Waals surface area contributed by atoms with E-state index in [1.54, 1.807) is 13.0 Å². The van der Waals surface area contributed by atoms with Crippen molar-refractivity contribution in [3.63, 3.8) is 0 Å². The molecule has 0 spiro atoms. The monoisotopic (exact) mass is 345 g/mol. The highest BCUT2D eigenvalue weighted by molar-refractivity contribution is 5.82. The molecule has 1 N–H and O–H groups in total. The number of ether oxygens (including phenoxy) is 2. The van der Waals surface area contributed by atoms with Gasteiger partial charge in [-0.3, -0.25) is 9.79 Å². The Morgan fingerprint density at radius 3 is 2.64 bits per heavy atom. The maximum atomic E-state index is 14.8. The van der Waals surface area contributed by atoms with E-state index < -0.39 is 17.7 Å². The number of rotatable bonds is 8. The lowest BCUT2D eigenvalue weighted by Crippen LogP contribution is -2.12. The number of aliphatic imine (C=N–C) groups is 1. The van der Waals surface area contributed by atoms with E-state index >= 15 is 0 Å². The van der Waals surface area contributed by atoms with Gasteiger partial charge < -0.3 is 14.6 Å². The summed E-state index contributed by atoms with van der Waals surface area (Å²) in [5.74, 6) is -2.23. The fourth-order valence-corrected chi connectivity index (χ4v) is 2.22. The van der Waals surface area contributed by atoms with Crippen LogP contribution < -0.4 is 4.74 Å². The van der Waals surface area contributed by atoms with Crippen LogP contribution >= 0.6 is 0 Å². The normalized spacial score (nSPS) is 12.3. The first-order chi connectivity index (χ1) is 12.0. The van der Waals surface area contributed by atoms with Crippen LogP contribution in [0.25, 0.3) is 0 Å². The quantitative estimate of drug-likeness (QED) is 0.583. The standard InChI is InChI=1S/C19H20FNO4/c1-13(19(22)23)10-15-8-9-16(25-12-24-2)17(20)18(15)21-11-14-6-4-3-5-7-14/h3-9,11,13H,10,12H2,1-2H3,(H,22,23). The SMILES string of the molecule is COCOc1ccc(CC(C)C(=O)O)c(N=Cc2ccccc2)c1F. The second-order valence-corrected chi connectivity index (χ2v) is 5.55. The van der Waals surface area contributed by atoms with Crippen LogP contribution in [0.3, 0.4) is 0 Å². The third-order valence-corrected chi connectivity index (χ3v) is 3.59. The molecular weight excluding hydrogens is 325 g/mol. The second kappa shape index (κ2) is 8.94. The lowest BCUT2D eigenvalue weighted by atomic mass is 9.99. The van der Waals surface area contributed by atoms with Gasteiger partial charge in [0.1, 0.15) is 5.69 Å². The molecule has 1 atom stereocenters. The molecule has 0 aromatic heterocycles. The van der Waals surface area contributed by atoms with Crippen molar-refractivity contribution in [1.82, 2.24) is 0 Å². The summed E-state index contributed by atoms with van der Waals surface area (Å²) < 4.78 is 24.8. The molecule has 0 aliphatic heterocycles. The van der Waals surface area contributed by atoms with Crippen LogP contribution in [0.2, 0.25) is 0 Å². The fourth-order valence-electron chi connectivity index (χ4n) is 2.22. The van der Waals surface area contributed by atoms with Gasteiger partial charge in [-0.25, -0.2) is 4.39 Å². The summed E-state index contributed by atoms with van der Waals surface area (Å²) in [5, 5.41) is 9.11. The van der Waals surface area contributed by atoms with Gasteiger partial charge in [-0.1, -0.05) is 43.3 Å². The first kappa shape index (κ1) is 18.6. The molecule has 2 aromatic rings. The molecule has 0 saturated carbocycles. The van der Waals surface area contributed by atoms with Crippen LogP contribution in [-0.2, 0) is 16.0 Å². The zero-order valence-electron chi connectivity index (χ0n) is 14.1. The van der Waals surface area contributed by atoms with Gasteiger partial charge in [0.05, 0.1) is 5.92 Å². The Hall–Kier alpha value is -2.73. The Kier molecular flexibility index (Phi) is 6.65. The van der Waals surface area contributed by atoms with Crippen molar-refractivity contribution in [2.24, 2.45) is 10.9 Å². The van der Waals surface area contributed by atoms with Crippen LogP contribution in [0.4, 0.5) is 10.1 Å². The number of carboxylic acid groups (broad SMARTS) is 1. The Morgan fingerprint density at radius 2 is 2.00 bits per heavy atom. The minimum Gasteiger partial charge on any atom is -0.481 e. The summed E-state index contributed by atoms with van der Waals surface area (Å²) >= 11 is 0. The molecule has 0 aliphatic carbocycles. The number of nitrogens with zero attached hydrogens (tertiary/aromatic N) is 1. The predicted molar refractivity (Wildman–Crippen MR) is 93.1 cm³/mol. The minimum absolute atomic E-state index is 0.00814. The summed E-state index contributed by atoms with van der Waals surface area (Å²) in [5.41, 5.74) is 1.39. The molecule has 25 heavy (non-hydrogen) atoms. The highest BCUT2D eigenvalue weighted by Crippen LogP contribution is 2.32. The fraction of sp³-hybridized carbons (Fsp3) is 0.263. The molecule has 0 fully saturated rings. The number of carboxylic acids is 1. The third kappa shape index (κ3) is 5.12. The van der Waals surface area contributed by atoms with Crippen molar-refractivity contribution in [2.45, 2.75) is 13.3 Å². The molecule has 132 valence electrons. The molecule has 0 saturated heterocycles. The lowest BCUT2D eigenvalue weighted by Gasteiger charge is -2.13. The largest absolute Gasteiger partial charge is 0.481 e. The maximum Gasteiger partial charge on any atom is 0.306 e. The number of aliphatic carboxylic acids is 1. The van der Waals surface area contributed by atoms with E-state index in [0.717, 1.165) is 5.56 Å². The van der Waals surface area contributed by atoms with E-state index in [2.05, 4.69) is 4.99 Å². The second-order valence-electron chi connectivity index (χ2n) is 5.55. The van der Waals surface area contributed by atoms with Gasteiger partial charge in [0.25, 0.3) is 0 Å². The highest BCUT2D eigenvalue weighted by Gasteiger charge is 2.19. The zero-order chi connectivity index (χ0) is 18.2. The number of hydrogen-bond donors (Lipinski definition) is 1. The van der Waals surface area contributed by atoms with Crippen molar-refractivity contribution >= 4 is 17.9 Å². The first-order valence-electron chi connectivity index (χ1n) is 7.78. The van der Waals surface area contributed by atoms with Crippen LogP contribution in [0.15, 0.2) is 47.5 Å². The van der Waals surface area contributed by atoms with Gasteiger partial charge in [0.15, 0.2) is 18.4 Å². The summed E-state index contributed by atoms with van der Waals surface area (Å²) in [6, 6.07) is 12.3. The topological polar surface area (TPSA) is 68.1 Å². The van der Waals surface area contributed by atoms with Gasteiger partial charge in [0.2, 0.25) is 0 Å². The Labute approximate surface area is 145 Å². The van der Waals surface area contributed by atoms with Crippen molar-refractivity contribution in [1.29, 1.82) is 0 Å². The molecule has 6 heteroatoms. The van der Waals surface area contributed by atoms with Crippen molar-refractivity contribution in [3.8, 4) is 5.75 Å². The number of hydrogen-bond acceptors (Lipinski definition) is 4. The van der Waals surface area contributed by atoms with E-state index in [-0.39, 0.29) is 24.7 Å². The predicted octanol–water partition coefficient (Wildman–Crippen LogP) is 3.82. The van der Waals surface area contributed by atoms with E-state index in [1.807, 2.05) is 30.3 Å². The maximum absolute atomic E-state index is 14.8. The molecule has 0 aliphatic rings. The van der Waals surface area contributed by atoms with Gasteiger partial charge in [-0.2, -0.15) is 0 Å².